The van der Waals surface area contributed by atoms with Crippen LogP contribution < -0.4 is 16.1 Å². The minimum absolute atomic E-state index is 0.377. The quantitative estimate of drug-likeness (QED) is 0.688. The van der Waals surface area contributed by atoms with Gasteiger partial charge in [-0.15, -0.1) is 11.3 Å². The minimum atomic E-state index is -0.916. The number of thiophene rings is 1. The van der Waals surface area contributed by atoms with Crippen molar-refractivity contribution in [1.82, 2.24) is 21.1 Å². The monoisotopic (exact) mass is 378 g/mol. The van der Waals surface area contributed by atoms with Crippen molar-refractivity contribution in [2.75, 3.05) is 0 Å². The Bertz CT molecular complexity index is 725. The molecule has 5 amide bonds. The summed E-state index contributed by atoms with van der Waals surface area (Å²) in [7, 11) is 0. The first-order valence-corrected chi connectivity index (χ1v) is 9.52. The third kappa shape index (κ3) is 3.44. The molecule has 26 heavy (non-hydrogen) atoms. The predicted octanol–water partition coefficient (Wildman–Crippen LogP) is 1.40. The molecule has 1 aromatic rings. The van der Waals surface area contributed by atoms with Gasteiger partial charge < -0.3 is 10.6 Å². The lowest BCUT2D eigenvalue weighted by molar-refractivity contribution is -0.140. The van der Waals surface area contributed by atoms with E-state index in [4.69, 9.17) is 0 Å². The molecule has 0 unspecified atom stereocenters. The third-order valence-electron chi connectivity index (χ3n) is 5.00. The lowest BCUT2D eigenvalue weighted by atomic mass is 9.77. The van der Waals surface area contributed by atoms with E-state index in [0.29, 0.717) is 23.6 Å². The first-order chi connectivity index (χ1) is 12.3. The van der Waals surface area contributed by atoms with E-state index in [2.05, 4.69) is 23.0 Å². The van der Waals surface area contributed by atoms with Crippen LogP contribution in [0.5, 0.6) is 0 Å². The number of hydrogen-bond donors (Lipinski definition) is 3. The third-order valence-corrected chi connectivity index (χ3v) is 5.87. The van der Waals surface area contributed by atoms with E-state index in [0.717, 1.165) is 17.9 Å². The van der Waals surface area contributed by atoms with Gasteiger partial charge in [-0.05, 0) is 50.0 Å². The Morgan fingerprint density at radius 2 is 2.04 bits per heavy atom. The number of rotatable bonds is 4. The van der Waals surface area contributed by atoms with E-state index >= 15 is 0 Å². The second-order valence-electron chi connectivity index (χ2n) is 6.98. The fourth-order valence-electron chi connectivity index (χ4n) is 3.26. The molecular weight excluding hydrogens is 356 g/mol. The van der Waals surface area contributed by atoms with Crippen LogP contribution in [0.3, 0.4) is 0 Å². The van der Waals surface area contributed by atoms with Crippen LogP contribution in [0.1, 0.15) is 49.2 Å². The van der Waals surface area contributed by atoms with Gasteiger partial charge in [0, 0.05) is 0 Å². The summed E-state index contributed by atoms with van der Waals surface area (Å²) >= 11 is 1.26. The zero-order chi connectivity index (χ0) is 18.9. The Kier molecular flexibility index (Phi) is 4.99. The Labute approximate surface area is 155 Å². The molecule has 1 aliphatic heterocycles. The maximum Gasteiger partial charge on any atom is 0.344 e. The summed E-state index contributed by atoms with van der Waals surface area (Å²) in [5, 5.41) is 7.79. The van der Waals surface area contributed by atoms with Crippen LogP contribution >= 0.6 is 11.3 Å². The molecule has 1 aromatic heterocycles. The maximum atomic E-state index is 12.7. The van der Waals surface area contributed by atoms with Crippen LogP contribution in [0.15, 0.2) is 17.5 Å². The Morgan fingerprint density at radius 3 is 2.65 bits per heavy atom. The molecule has 2 fully saturated rings. The van der Waals surface area contributed by atoms with Crippen LogP contribution in [0.2, 0.25) is 0 Å². The molecule has 2 aliphatic rings. The number of nitrogens with one attached hydrogen (secondary N) is 3. The molecule has 1 saturated heterocycles. The fraction of sp³-hybridized carbons (Fsp3) is 0.529. The molecule has 2 heterocycles. The van der Waals surface area contributed by atoms with Crippen molar-refractivity contribution < 1.29 is 19.2 Å². The average molecular weight is 378 g/mol. The number of carbonyl (C=O) groups is 4. The van der Waals surface area contributed by atoms with Gasteiger partial charge in [0.1, 0.15) is 11.6 Å². The summed E-state index contributed by atoms with van der Waals surface area (Å²) in [6.45, 7) is 3.61. The fourth-order valence-corrected chi connectivity index (χ4v) is 3.89. The van der Waals surface area contributed by atoms with E-state index in [-0.39, 0.29) is 5.91 Å². The minimum Gasteiger partial charge on any atom is -0.340 e. The number of hydrogen-bond acceptors (Lipinski definition) is 5. The van der Waals surface area contributed by atoms with Crippen LogP contribution in [0.4, 0.5) is 4.79 Å². The number of nitrogens with zero attached hydrogens (tertiary/aromatic N) is 1. The van der Waals surface area contributed by atoms with Crippen LogP contribution in [-0.2, 0) is 9.59 Å². The molecule has 0 bridgehead atoms. The van der Waals surface area contributed by atoms with Crippen molar-refractivity contribution in [2.45, 2.75) is 51.1 Å². The molecule has 1 saturated carbocycles. The van der Waals surface area contributed by atoms with E-state index in [1.807, 2.05) is 0 Å². The molecule has 3 N–H and O–H groups in total. The number of carbonyl (C=O) groups excluding carboxylic acids is 4. The van der Waals surface area contributed by atoms with E-state index in [9.17, 15) is 19.2 Å². The lowest BCUT2D eigenvalue weighted by Gasteiger charge is -2.33. The lowest BCUT2D eigenvalue weighted by Crippen LogP contribution is -2.55. The van der Waals surface area contributed by atoms with Gasteiger partial charge in [-0.1, -0.05) is 13.0 Å². The van der Waals surface area contributed by atoms with Crippen molar-refractivity contribution in [3.63, 3.8) is 0 Å². The number of amides is 5. The van der Waals surface area contributed by atoms with Crippen molar-refractivity contribution in [3.8, 4) is 0 Å². The van der Waals surface area contributed by atoms with Crippen molar-refractivity contribution in [2.24, 2.45) is 5.92 Å². The summed E-state index contributed by atoms with van der Waals surface area (Å²) < 4.78 is 0. The summed E-state index contributed by atoms with van der Waals surface area (Å²) in [5.74, 6) is -0.918. The van der Waals surface area contributed by atoms with Gasteiger partial charge in [-0.3, -0.25) is 19.8 Å². The largest absolute Gasteiger partial charge is 0.344 e. The van der Waals surface area contributed by atoms with Gasteiger partial charge in [-0.2, -0.15) is 5.01 Å². The van der Waals surface area contributed by atoms with E-state index < -0.39 is 29.4 Å². The Hall–Kier alpha value is -2.42. The topological polar surface area (TPSA) is 108 Å². The SMILES string of the molecule is CC1CCC2(CC1)NC(=O)N(NC(=O)[C@H](C)NC(=O)c1cccs1)C2=O. The molecule has 9 heteroatoms. The Balaban J connectivity index is 1.61. The van der Waals surface area contributed by atoms with Crippen molar-refractivity contribution >= 4 is 35.1 Å². The van der Waals surface area contributed by atoms with Gasteiger partial charge >= 0.3 is 6.03 Å². The zero-order valence-electron chi connectivity index (χ0n) is 14.7. The smallest absolute Gasteiger partial charge is 0.340 e. The average Bonchev–Trinajstić information content (AvgIpc) is 3.21. The molecule has 0 radical (unpaired) electrons. The standard InChI is InChI=1S/C17H22N4O4S/c1-10-5-7-17(8-6-10)15(24)21(16(25)19-17)20-13(22)11(2)18-14(23)12-4-3-9-26-12/h3-4,9-11H,5-8H2,1-2H3,(H,18,23)(H,19,25)(H,20,22)/t10?,11-,17?/m0/s1. The van der Waals surface area contributed by atoms with Crippen LogP contribution in [-0.4, -0.2) is 40.3 Å². The first kappa shape index (κ1) is 18.4. The highest BCUT2D eigenvalue weighted by Gasteiger charge is 2.53. The summed E-state index contributed by atoms with van der Waals surface area (Å²) in [4.78, 5) is 49.7. The molecule has 140 valence electrons. The predicted molar refractivity (Wildman–Crippen MR) is 95.1 cm³/mol. The van der Waals surface area contributed by atoms with Gasteiger partial charge in [0.25, 0.3) is 17.7 Å². The Morgan fingerprint density at radius 1 is 1.35 bits per heavy atom. The zero-order valence-corrected chi connectivity index (χ0v) is 15.5. The van der Waals surface area contributed by atoms with E-state index in [1.165, 1.54) is 18.3 Å². The van der Waals surface area contributed by atoms with Crippen molar-refractivity contribution in [3.05, 3.63) is 22.4 Å². The maximum absolute atomic E-state index is 12.7. The number of urea groups is 1. The number of imide groups is 1. The summed E-state index contributed by atoms with van der Waals surface area (Å²) in [6, 6.07) is 1.86. The normalized spacial score (nSPS) is 26.5. The van der Waals surface area contributed by atoms with Gasteiger partial charge in [-0.25, -0.2) is 4.79 Å². The molecule has 1 atom stereocenters. The van der Waals surface area contributed by atoms with E-state index in [1.54, 1.807) is 17.5 Å². The van der Waals surface area contributed by atoms with Crippen LogP contribution in [0.25, 0.3) is 0 Å². The second kappa shape index (κ2) is 7.06. The van der Waals surface area contributed by atoms with Crippen LogP contribution in [0, 0.1) is 5.92 Å². The highest BCUT2D eigenvalue weighted by molar-refractivity contribution is 7.12. The highest BCUT2D eigenvalue weighted by atomic mass is 32.1. The molecule has 3 rings (SSSR count). The second-order valence-corrected chi connectivity index (χ2v) is 7.93. The summed E-state index contributed by atoms with van der Waals surface area (Å²) in [5.41, 5.74) is 1.42. The van der Waals surface area contributed by atoms with Crippen molar-refractivity contribution in [1.29, 1.82) is 0 Å². The first-order valence-electron chi connectivity index (χ1n) is 8.64. The summed E-state index contributed by atoms with van der Waals surface area (Å²) in [6.07, 6.45) is 2.83. The van der Waals surface area contributed by atoms with Gasteiger partial charge in [0.15, 0.2) is 0 Å². The number of hydrazine groups is 1. The highest BCUT2D eigenvalue weighted by Crippen LogP contribution is 2.35. The molecular formula is C17H22N4O4S. The molecule has 8 nitrogen and oxygen atoms in total. The molecule has 1 spiro atoms. The molecule has 1 aliphatic carbocycles. The van der Waals surface area contributed by atoms with Gasteiger partial charge in [0.2, 0.25) is 0 Å². The van der Waals surface area contributed by atoms with Gasteiger partial charge in [0.05, 0.1) is 4.88 Å². The molecule has 0 aromatic carbocycles.